The summed E-state index contributed by atoms with van der Waals surface area (Å²) in [7, 11) is -2.01. The van der Waals surface area contributed by atoms with Gasteiger partial charge in [-0.15, -0.1) is 0 Å². The minimum absolute atomic E-state index is 0.0601. The lowest BCUT2D eigenvalue weighted by Crippen LogP contribution is -2.50. The van der Waals surface area contributed by atoms with Gasteiger partial charge in [-0.2, -0.15) is 4.31 Å². The topological polar surface area (TPSA) is 87.2 Å². The highest BCUT2D eigenvalue weighted by Crippen LogP contribution is 2.42. The molecule has 0 aliphatic carbocycles. The first-order valence-corrected chi connectivity index (χ1v) is 10.4. The zero-order chi connectivity index (χ0) is 20.0. The summed E-state index contributed by atoms with van der Waals surface area (Å²) in [6.45, 7) is 6.61. The summed E-state index contributed by atoms with van der Waals surface area (Å²) < 4.78 is 32.4. The Morgan fingerprint density at radius 1 is 1.19 bits per heavy atom. The molecule has 1 aromatic rings. The number of fused-ring (bicyclic) bond motifs is 1. The molecule has 0 bridgehead atoms. The number of anilines is 1. The van der Waals surface area contributed by atoms with E-state index in [0.717, 1.165) is 5.69 Å². The molecule has 2 heterocycles. The highest BCUT2D eigenvalue weighted by molar-refractivity contribution is 7.89. The highest BCUT2D eigenvalue weighted by atomic mass is 32.2. The molecular formula is C18H25N3O5S. The number of ether oxygens (including phenoxy) is 1. The number of sulfonamides is 1. The van der Waals surface area contributed by atoms with Gasteiger partial charge in [-0.3, -0.25) is 4.79 Å². The average Bonchev–Trinajstić information content (AvgIpc) is 2.82. The average molecular weight is 395 g/mol. The summed E-state index contributed by atoms with van der Waals surface area (Å²) in [5.41, 5.74) is 0.676. The van der Waals surface area contributed by atoms with Gasteiger partial charge in [-0.05, 0) is 44.5 Å². The van der Waals surface area contributed by atoms with Crippen molar-refractivity contribution in [2.24, 2.45) is 0 Å². The van der Waals surface area contributed by atoms with E-state index in [4.69, 9.17) is 4.74 Å². The van der Waals surface area contributed by atoms with Crippen LogP contribution in [0.2, 0.25) is 0 Å². The number of rotatable bonds is 3. The van der Waals surface area contributed by atoms with Crippen LogP contribution in [-0.4, -0.2) is 69.5 Å². The Morgan fingerprint density at radius 3 is 2.41 bits per heavy atom. The molecule has 0 atom stereocenters. The molecule has 2 aliphatic heterocycles. The lowest BCUT2D eigenvalue weighted by Gasteiger charge is -2.33. The summed E-state index contributed by atoms with van der Waals surface area (Å²) >= 11 is 0. The minimum atomic E-state index is -3.71. The van der Waals surface area contributed by atoms with E-state index in [9.17, 15) is 18.0 Å². The van der Waals surface area contributed by atoms with Gasteiger partial charge in [0, 0.05) is 38.9 Å². The first kappa shape index (κ1) is 19.6. The molecule has 1 aromatic carbocycles. The molecule has 0 aromatic heterocycles. The number of amides is 2. The Kier molecular flexibility index (Phi) is 4.94. The van der Waals surface area contributed by atoms with Crippen molar-refractivity contribution < 1.29 is 22.7 Å². The van der Waals surface area contributed by atoms with Gasteiger partial charge in [0.15, 0.2) is 0 Å². The van der Waals surface area contributed by atoms with E-state index < -0.39 is 21.5 Å². The largest absolute Gasteiger partial charge is 0.450 e. The second kappa shape index (κ2) is 6.79. The van der Waals surface area contributed by atoms with E-state index in [1.165, 1.54) is 15.3 Å². The van der Waals surface area contributed by atoms with Crippen LogP contribution in [0.1, 0.15) is 26.3 Å². The second-order valence-electron chi connectivity index (χ2n) is 7.26. The zero-order valence-corrected chi connectivity index (χ0v) is 16.9. The van der Waals surface area contributed by atoms with E-state index in [1.807, 2.05) is 0 Å². The standard InChI is InChI=1S/C18H25N3O5S/c1-5-26-17(23)20-8-10-21(11-9-20)27(24,25)13-6-7-15-14(12-13)18(2,3)16(22)19(15)4/h6-7,12H,5,8-11H2,1-4H3. The van der Waals surface area contributed by atoms with Crippen LogP contribution in [0.4, 0.5) is 10.5 Å². The molecule has 0 N–H and O–H groups in total. The first-order valence-electron chi connectivity index (χ1n) is 8.95. The minimum Gasteiger partial charge on any atom is -0.450 e. The Morgan fingerprint density at radius 2 is 1.81 bits per heavy atom. The number of benzene rings is 1. The molecule has 0 saturated carbocycles. The van der Waals surface area contributed by atoms with Crippen LogP contribution in [0.3, 0.4) is 0 Å². The Balaban J connectivity index is 1.83. The third kappa shape index (κ3) is 3.19. The fourth-order valence-corrected chi connectivity index (χ4v) is 5.04. The predicted molar refractivity (Wildman–Crippen MR) is 100 cm³/mol. The molecule has 1 fully saturated rings. The maximum atomic E-state index is 13.1. The normalized spacial score (nSPS) is 19.9. The van der Waals surface area contributed by atoms with E-state index in [2.05, 4.69) is 0 Å². The molecule has 2 amide bonds. The van der Waals surface area contributed by atoms with Crippen molar-refractivity contribution in [3.8, 4) is 0 Å². The van der Waals surface area contributed by atoms with Crippen LogP contribution in [0.25, 0.3) is 0 Å². The summed E-state index contributed by atoms with van der Waals surface area (Å²) in [4.78, 5) is 27.4. The third-order valence-electron chi connectivity index (χ3n) is 5.24. The third-order valence-corrected chi connectivity index (χ3v) is 7.14. The van der Waals surface area contributed by atoms with Crippen LogP contribution in [0.5, 0.6) is 0 Å². The van der Waals surface area contributed by atoms with Crippen LogP contribution in [-0.2, 0) is 25.0 Å². The van der Waals surface area contributed by atoms with Gasteiger partial charge in [-0.1, -0.05) is 0 Å². The quantitative estimate of drug-likeness (QED) is 0.772. The zero-order valence-electron chi connectivity index (χ0n) is 16.1. The van der Waals surface area contributed by atoms with Crippen molar-refractivity contribution in [3.63, 3.8) is 0 Å². The Labute approximate surface area is 159 Å². The van der Waals surface area contributed by atoms with Gasteiger partial charge in [0.1, 0.15) is 0 Å². The van der Waals surface area contributed by atoms with E-state index >= 15 is 0 Å². The second-order valence-corrected chi connectivity index (χ2v) is 9.20. The Bertz CT molecular complexity index is 873. The van der Waals surface area contributed by atoms with Gasteiger partial charge in [0.05, 0.1) is 16.9 Å². The van der Waals surface area contributed by atoms with Gasteiger partial charge >= 0.3 is 6.09 Å². The summed E-state index contributed by atoms with van der Waals surface area (Å²) in [5, 5.41) is 0. The van der Waals surface area contributed by atoms with Crippen LogP contribution >= 0.6 is 0 Å². The molecule has 148 valence electrons. The molecular weight excluding hydrogens is 370 g/mol. The molecule has 1 saturated heterocycles. The summed E-state index contributed by atoms with van der Waals surface area (Å²) in [6, 6.07) is 4.82. The fourth-order valence-electron chi connectivity index (χ4n) is 3.59. The van der Waals surface area contributed by atoms with Gasteiger partial charge in [0.25, 0.3) is 0 Å². The lowest BCUT2D eigenvalue weighted by molar-refractivity contribution is -0.121. The van der Waals surface area contributed by atoms with Crippen molar-refractivity contribution >= 4 is 27.7 Å². The maximum Gasteiger partial charge on any atom is 0.409 e. The van der Waals surface area contributed by atoms with Gasteiger partial charge < -0.3 is 14.5 Å². The SMILES string of the molecule is CCOC(=O)N1CCN(S(=O)(=O)c2ccc3c(c2)C(C)(C)C(=O)N3C)CC1. The molecule has 3 rings (SSSR count). The highest BCUT2D eigenvalue weighted by Gasteiger charge is 2.43. The number of nitrogens with zero attached hydrogens (tertiary/aromatic N) is 3. The van der Waals surface area contributed by atoms with Gasteiger partial charge in [-0.25, -0.2) is 13.2 Å². The van der Waals surface area contributed by atoms with E-state index in [1.54, 1.807) is 44.9 Å². The van der Waals surface area contributed by atoms with E-state index in [-0.39, 0.29) is 43.6 Å². The molecule has 9 heteroatoms. The Hall–Kier alpha value is -2.13. The van der Waals surface area contributed by atoms with Crippen molar-refractivity contribution in [2.45, 2.75) is 31.1 Å². The monoisotopic (exact) mass is 395 g/mol. The van der Waals surface area contributed by atoms with Crippen molar-refractivity contribution in [1.82, 2.24) is 9.21 Å². The molecule has 2 aliphatic rings. The molecule has 0 unspecified atom stereocenters. The summed E-state index contributed by atoms with van der Waals surface area (Å²) in [6.07, 6.45) is -0.421. The smallest absolute Gasteiger partial charge is 0.409 e. The van der Waals surface area contributed by atoms with E-state index in [0.29, 0.717) is 5.56 Å². The maximum absolute atomic E-state index is 13.1. The number of hydrogen-bond acceptors (Lipinski definition) is 5. The number of carbonyl (C=O) groups is 2. The first-order chi connectivity index (χ1) is 12.6. The molecule has 0 spiro atoms. The van der Waals surface area contributed by atoms with Crippen LogP contribution < -0.4 is 4.90 Å². The number of piperazine rings is 1. The number of hydrogen-bond donors (Lipinski definition) is 0. The van der Waals surface area contributed by atoms with Crippen molar-refractivity contribution in [3.05, 3.63) is 23.8 Å². The van der Waals surface area contributed by atoms with Crippen LogP contribution in [0, 0.1) is 0 Å². The molecule has 0 radical (unpaired) electrons. The van der Waals surface area contributed by atoms with Crippen LogP contribution in [0.15, 0.2) is 23.1 Å². The number of carbonyl (C=O) groups excluding carboxylic acids is 2. The lowest BCUT2D eigenvalue weighted by atomic mass is 9.86. The van der Waals surface area contributed by atoms with Gasteiger partial charge in [0.2, 0.25) is 15.9 Å². The van der Waals surface area contributed by atoms with Crippen molar-refractivity contribution in [1.29, 1.82) is 0 Å². The summed E-state index contributed by atoms with van der Waals surface area (Å²) in [5.74, 6) is -0.0601. The number of likely N-dealkylation sites (N-methyl/N-ethyl adjacent to an activating group) is 1. The molecule has 8 nitrogen and oxygen atoms in total. The van der Waals surface area contributed by atoms with Crippen molar-refractivity contribution in [2.75, 3.05) is 44.7 Å². The molecule has 27 heavy (non-hydrogen) atoms. The predicted octanol–water partition coefficient (Wildman–Crippen LogP) is 1.40. The fraction of sp³-hybridized carbons (Fsp3) is 0.556.